The maximum Gasteiger partial charge on any atom is 0.225 e. The summed E-state index contributed by atoms with van der Waals surface area (Å²) in [6.07, 6.45) is 10.9. The highest BCUT2D eigenvalue weighted by molar-refractivity contribution is 7.90. The van der Waals surface area contributed by atoms with Gasteiger partial charge in [0.25, 0.3) is 0 Å². The predicted octanol–water partition coefficient (Wildman–Crippen LogP) is 3.91. The molecule has 1 aromatic carbocycles. The Morgan fingerprint density at radius 1 is 0.903 bits per heavy atom. The molecule has 2 heterocycles. The fourth-order valence-electron chi connectivity index (χ4n) is 4.18. The van der Waals surface area contributed by atoms with E-state index in [0.29, 0.717) is 15.7 Å². The largest absolute Gasteiger partial charge is 0.490 e. The van der Waals surface area contributed by atoms with Gasteiger partial charge in [0, 0.05) is 19.3 Å². The number of rotatable bonds is 6. The van der Waals surface area contributed by atoms with E-state index in [2.05, 4.69) is 14.9 Å². The molecule has 2 aromatic rings. The van der Waals surface area contributed by atoms with Crippen molar-refractivity contribution in [2.45, 2.75) is 61.7 Å². The Hall–Kier alpha value is -1.90. The minimum atomic E-state index is -3.18. The Labute approximate surface area is 188 Å². The van der Waals surface area contributed by atoms with Gasteiger partial charge >= 0.3 is 0 Å². The molecule has 168 valence electrons. The van der Waals surface area contributed by atoms with E-state index in [9.17, 15) is 8.42 Å². The fourth-order valence-corrected chi connectivity index (χ4v) is 4.90. The van der Waals surface area contributed by atoms with Gasteiger partial charge in [0.15, 0.2) is 9.84 Å². The van der Waals surface area contributed by atoms with Crippen molar-refractivity contribution in [3.05, 3.63) is 41.7 Å². The van der Waals surface area contributed by atoms with Crippen LogP contribution in [0.3, 0.4) is 0 Å². The lowest BCUT2D eigenvalue weighted by molar-refractivity contribution is -0.0528. The standard InChI is InChI=1S/C22H28ClN3O4S/c1-31(27,28)21-8-6-19(7-9-21)29-17-2-4-18(5-3-17)30-20-10-12-26(13-11-20)22-24-14-16(23)15-25-22/h6-9,14-15,17-18,20H,2-5,10-13H2,1H3/t17-,18-. The molecule has 0 bridgehead atoms. The van der Waals surface area contributed by atoms with Crippen molar-refractivity contribution >= 4 is 27.4 Å². The Morgan fingerprint density at radius 2 is 1.45 bits per heavy atom. The monoisotopic (exact) mass is 465 g/mol. The lowest BCUT2D eigenvalue weighted by Crippen LogP contribution is -2.40. The van der Waals surface area contributed by atoms with Gasteiger partial charge in [0.05, 0.1) is 40.6 Å². The molecule has 2 fully saturated rings. The van der Waals surface area contributed by atoms with E-state index in [-0.39, 0.29) is 18.3 Å². The molecule has 2 aliphatic rings. The first-order chi connectivity index (χ1) is 14.9. The molecular weight excluding hydrogens is 438 g/mol. The summed E-state index contributed by atoms with van der Waals surface area (Å²) in [6, 6.07) is 6.66. The van der Waals surface area contributed by atoms with Crippen molar-refractivity contribution in [2.24, 2.45) is 0 Å². The molecule has 4 rings (SSSR count). The highest BCUT2D eigenvalue weighted by Gasteiger charge is 2.28. The van der Waals surface area contributed by atoms with E-state index < -0.39 is 9.84 Å². The summed E-state index contributed by atoms with van der Waals surface area (Å²) >= 11 is 5.87. The van der Waals surface area contributed by atoms with E-state index >= 15 is 0 Å². The minimum absolute atomic E-state index is 0.146. The number of halogens is 1. The van der Waals surface area contributed by atoms with E-state index in [4.69, 9.17) is 21.1 Å². The molecule has 0 radical (unpaired) electrons. The smallest absolute Gasteiger partial charge is 0.225 e. The van der Waals surface area contributed by atoms with Crippen LogP contribution in [0.15, 0.2) is 41.6 Å². The third kappa shape index (κ3) is 6.08. The number of nitrogens with zero attached hydrogens (tertiary/aromatic N) is 3. The second-order valence-corrected chi connectivity index (χ2v) is 10.7. The van der Waals surface area contributed by atoms with Crippen LogP contribution >= 0.6 is 11.6 Å². The van der Waals surface area contributed by atoms with Gasteiger partial charge in [-0.25, -0.2) is 18.4 Å². The Balaban J connectivity index is 1.19. The van der Waals surface area contributed by atoms with E-state index in [1.807, 2.05) is 0 Å². The molecule has 0 unspecified atom stereocenters. The van der Waals surface area contributed by atoms with Gasteiger partial charge in [0.2, 0.25) is 5.95 Å². The zero-order valence-corrected chi connectivity index (χ0v) is 19.2. The van der Waals surface area contributed by atoms with Crippen molar-refractivity contribution < 1.29 is 17.9 Å². The van der Waals surface area contributed by atoms with Crippen LogP contribution in [0, 0.1) is 0 Å². The highest BCUT2D eigenvalue weighted by Crippen LogP contribution is 2.29. The van der Waals surface area contributed by atoms with Gasteiger partial charge in [-0.2, -0.15) is 0 Å². The molecule has 9 heteroatoms. The van der Waals surface area contributed by atoms with Crippen LogP contribution in [-0.4, -0.2) is 56.0 Å². The first kappa shape index (κ1) is 22.3. The quantitative estimate of drug-likeness (QED) is 0.639. The predicted molar refractivity (Wildman–Crippen MR) is 120 cm³/mol. The van der Waals surface area contributed by atoms with E-state index in [1.54, 1.807) is 36.7 Å². The third-order valence-electron chi connectivity index (χ3n) is 5.89. The third-order valence-corrected chi connectivity index (χ3v) is 7.22. The molecule has 1 saturated heterocycles. The number of hydrogen-bond donors (Lipinski definition) is 0. The number of benzene rings is 1. The molecule has 1 saturated carbocycles. The second-order valence-electron chi connectivity index (χ2n) is 8.28. The van der Waals surface area contributed by atoms with Gasteiger partial charge < -0.3 is 14.4 Å². The van der Waals surface area contributed by atoms with Crippen LogP contribution in [0.2, 0.25) is 5.02 Å². The molecule has 1 aliphatic heterocycles. The SMILES string of the molecule is CS(=O)(=O)c1ccc(O[C@H]2CC[C@H](OC3CCN(c4ncc(Cl)cn4)CC3)CC2)cc1. The molecule has 0 atom stereocenters. The number of sulfone groups is 1. The van der Waals surface area contributed by atoms with Crippen LogP contribution in [0.5, 0.6) is 5.75 Å². The summed E-state index contributed by atoms with van der Waals surface area (Å²) in [5.41, 5.74) is 0. The average Bonchev–Trinajstić information content (AvgIpc) is 2.76. The summed E-state index contributed by atoms with van der Waals surface area (Å²) in [4.78, 5) is 11.1. The number of hydrogen-bond acceptors (Lipinski definition) is 7. The van der Waals surface area contributed by atoms with Gasteiger partial charge in [-0.1, -0.05) is 11.6 Å². The Morgan fingerprint density at radius 3 is 2.03 bits per heavy atom. The maximum atomic E-state index is 11.6. The van der Waals surface area contributed by atoms with E-state index in [0.717, 1.165) is 57.6 Å². The van der Waals surface area contributed by atoms with Gasteiger partial charge in [0.1, 0.15) is 5.75 Å². The number of anilines is 1. The summed E-state index contributed by atoms with van der Waals surface area (Å²) in [7, 11) is -3.18. The summed E-state index contributed by atoms with van der Waals surface area (Å²) < 4.78 is 35.6. The normalized spacial score (nSPS) is 23.0. The number of piperidine rings is 1. The second kappa shape index (κ2) is 9.71. The van der Waals surface area contributed by atoms with Crippen molar-refractivity contribution in [1.82, 2.24) is 9.97 Å². The van der Waals surface area contributed by atoms with Crippen LogP contribution < -0.4 is 9.64 Å². The molecular formula is C22H28ClN3O4S. The molecule has 7 nitrogen and oxygen atoms in total. The van der Waals surface area contributed by atoms with Crippen molar-refractivity contribution in [3.8, 4) is 5.75 Å². The molecule has 0 amide bonds. The maximum absolute atomic E-state index is 11.6. The summed E-state index contributed by atoms with van der Waals surface area (Å²) in [6.45, 7) is 1.77. The minimum Gasteiger partial charge on any atom is -0.490 e. The Kier molecular flexibility index (Phi) is 6.99. The molecule has 1 aromatic heterocycles. The molecule has 0 spiro atoms. The number of aromatic nitrogens is 2. The summed E-state index contributed by atoms with van der Waals surface area (Å²) in [5, 5.41) is 0.549. The fraction of sp³-hybridized carbons (Fsp3) is 0.545. The zero-order chi connectivity index (χ0) is 21.8. The molecule has 0 N–H and O–H groups in total. The molecule has 31 heavy (non-hydrogen) atoms. The van der Waals surface area contributed by atoms with Crippen molar-refractivity contribution in [3.63, 3.8) is 0 Å². The highest BCUT2D eigenvalue weighted by atomic mass is 35.5. The summed E-state index contributed by atoms with van der Waals surface area (Å²) in [5.74, 6) is 1.44. The van der Waals surface area contributed by atoms with Crippen molar-refractivity contribution in [2.75, 3.05) is 24.2 Å². The molecule has 1 aliphatic carbocycles. The first-order valence-electron chi connectivity index (χ1n) is 10.7. The average molecular weight is 466 g/mol. The van der Waals surface area contributed by atoms with Gasteiger partial charge in [-0.3, -0.25) is 0 Å². The van der Waals surface area contributed by atoms with Gasteiger partial charge in [-0.15, -0.1) is 0 Å². The van der Waals surface area contributed by atoms with Crippen molar-refractivity contribution in [1.29, 1.82) is 0 Å². The zero-order valence-electron chi connectivity index (χ0n) is 17.6. The van der Waals surface area contributed by atoms with E-state index in [1.165, 1.54) is 6.26 Å². The van der Waals surface area contributed by atoms with Crippen LogP contribution in [0.25, 0.3) is 0 Å². The lowest BCUT2D eigenvalue weighted by atomic mass is 9.94. The van der Waals surface area contributed by atoms with Crippen LogP contribution in [0.1, 0.15) is 38.5 Å². The lowest BCUT2D eigenvalue weighted by Gasteiger charge is -2.36. The topological polar surface area (TPSA) is 81.6 Å². The Bertz CT molecular complexity index is 953. The first-order valence-corrected chi connectivity index (χ1v) is 13.0. The van der Waals surface area contributed by atoms with Crippen LogP contribution in [-0.2, 0) is 14.6 Å². The van der Waals surface area contributed by atoms with Crippen LogP contribution in [0.4, 0.5) is 5.95 Å². The van der Waals surface area contributed by atoms with Gasteiger partial charge in [-0.05, 0) is 62.8 Å². The number of ether oxygens (including phenoxy) is 2.